The highest BCUT2D eigenvalue weighted by Crippen LogP contribution is 2.43. The molecule has 0 aromatic heterocycles. The van der Waals surface area contributed by atoms with Crippen molar-refractivity contribution in [2.24, 2.45) is 22.1 Å². The summed E-state index contributed by atoms with van der Waals surface area (Å²) in [5.41, 5.74) is 6.69. The van der Waals surface area contributed by atoms with Crippen molar-refractivity contribution in [3.8, 4) is 0 Å². The Morgan fingerprint density at radius 3 is 2.56 bits per heavy atom. The van der Waals surface area contributed by atoms with E-state index in [9.17, 15) is 9.18 Å². The Labute approximate surface area is 160 Å². The van der Waals surface area contributed by atoms with E-state index < -0.39 is 11.8 Å². The maximum Gasteiger partial charge on any atom is 0.222 e. The molecule has 0 heterocycles. The smallest absolute Gasteiger partial charge is 0.222 e. The van der Waals surface area contributed by atoms with Gasteiger partial charge in [-0.25, -0.2) is 4.39 Å². The van der Waals surface area contributed by atoms with Gasteiger partial charge in [0.2, 0.25) is 5.91 Å². The molecule has 1 aromatic rings. The number of nitrogens with two attached hydrogens (primary N) is 1. The van der Waals surface area contributed by atoms with Crippen LogP contribution in [0.2, 0.25) is 0 Å². The van der Waals surface area contributed by atoms with E-state index in [1.54, 1.807) is 26.3 Å². The van der Waals surface area contributed by atoms with E-state index in [2.05, 4.69) is 15.6 Å². The first-order valence-electron chi connectivity index (χ1n) is 9.45. The Bertz CT molecular complexity index is 629. The van der Waals surface area contributed by atoms with Crippen LogP contribution in [0.1, 0.15) is 31.2 Å². The largest absolute Gasteiger partial charge is 0.385 e. The minimum absolute atomic E-state index is 0.269. The van der Waals surface area contributed by atoms with Gasteiger partial charge in [0.15, 0.2) is 5.96 Å². The monoisotopic (exact) mass is 378 g/mol. The number of hydrogen-bond acceptors (Lipinski definition) is 3. The zero-order chi connectivity index (χ0) is 19.7. The number of guanidine groups is 1. The van der Waals surface area contributed by atoms with Gasteiger partial charge in [0.25, 0.3) is 0 Å². The van der Waals surface area contributed by atoms with Crippen molar-refractivity contribution < 1.29 is 13.9 Å². The maximum absolute atomic E-state index is 13.0. The summed E-state index contributed by atoms with van der Waals surface area (Å²) in [6, 6.07) is 6.13. The van der Waals surface area contributed by atoms with Crippen LogP contribution in [-0.2, 0) is 16.0 Å². The average molecular weight is 378 g/mol. The lowest BCUT2D eigenvalue weighted by atomic mass is 9.67. The lowest BCUT2D eigenvalue weighted by Crippen LogP contribution is -2.48. The van der Waals surface area contributed by atoms with Crippen molar-refractivity contribution in [1.82, 2.24) is 10.6 Å². The molecule has 1 aromatic carbocycles. The summed E-state index contributed by atoms with van der Waals surface area (Å²) in [6.07, 6.45) is 5.11. The molecule has 1 aliphatic carbocycles. The van der Waals surface area contributed by atoms with E-state index in [1.165, 1.54) is 31.4 Å². The molecule has 0 radical (unpaired) electrons. The average Bonchev–Trinajstić information content (AvgIpc) is 2.63. The van der Waals surface area contributed by atoms with Gasteiger partial charge in [-0.05, 0) is 48.8 Å². The third kappa shape index (κ3) is 6.50. The zero-order valence-electron chi connectivity index (χ0n) is 16.3. The van der Waals surface area contributed by atoms with E-state index in [-0.39, 0.29) is 11.2 Å². The number of ether oxygens (including phenoxy) is 1. The molecule has 2 rings (SSSR count). The SMILES string of the molecule is CN=C(NCC(Cc1ccc(F)cc1)C(N)=O)NCC1(CCOC)CCC1. The number of aliphatic imine (C=N–C) groups is 1. The van der Waals surface area contributed by atoms with Gasteiger partial charge in [0.1, 0.15) is 5.82 Å². The fourth-order valence-corrected chi connectivity index (χ4v) is 3.40. The standard InChI is InChI=1S/C20H31FN4O2/c1-23-19(25-14-20(8-3-9-20)10-11-27-2)24-13-16(18(22)26)12-15-4-6-17(21)7-5-15/h4-7,16H,3,8-14H2,1-2H3,(H2,22,26)(H2,23,24,25). The predicted molar refractivity (Wildman–Crippen MR) is 105 cm³/mol. The van der Waals surface area contributed by atoms with Crippen LogP contribution in [0.5, 0.6) is 0 Å². The number of halogens is 1. The van der Waals surface area contributed by atoms with Crippen LogP contribution >= 0.6 is 0 Å². The molecular weight excluding hydrogens is 347 g/mol. The minimum atomic E-state index is -0.403. The van der Waals surface area contributed by atoms with Gasteiger partial charge in [-0.15, -0.1) is 0 Å². The molecule has 1 unspecified atom stereocenters. The molecule has 0 spiro atoms. The highest BCUT2D eigenvalue weighted by Gasteiger charge is 2.36. The van der Waals surface area contributed by atoms with Crippen LogP contribution in [0.4, 0.5) is 4.39 Å². The first-order valence-corrected chi connectivity index (χ1v) is 9.45. The molecule has 1 amide bonds. The van der Waals surface area contributed by atoms with Gasteiger partial charge >= 0.3 is 0 Å². The first-order chi connectivity index (χ1) is 13.0. The van der Waals surface area contributed by atoms with E-state index >= 15 is 0 Å². The summed E-state index contributed by atoms with van der Waals surface area (Å²) in [6.45, 7) is 1.96. The van der Waals surface area contributed by atoms with Gasteiger partial charge in [-0.1, -0.05) is 18.6 Å². The normalized spacial score (nSPS) is 17.1. The van der Waals surface area contributed by atoms with Crippen molar-refractivity contribution in [2.45, 2.75) is 32.1 Å². The van der Waals surface area contributed by atoms with Gasteiger partial charge in [-0.3, -0.25) is 9.79 Å². The predicted octanol–water partition coefficient (Wildman–Crippen LogP) is 1.84. The second kappa shape index (κ2) is 10.3. The molecule has 27 heavy (non-hydrogen) atoms. The summed E-state index contributed by atoms with van der Waals surface area (Å²) < 4.78 is 18.3. The molecule has 1 aliphatic rings. The van der Waals surface area contributed by atoms with Gasteiger partial charge < -0.3 is 21.1 Å². The Morgan fingerprint density at radius 2 is 2.04 bits per heavy atom. The molecule has 0 saturated heterocycles. The van der Waals surface area contributed by atoms with Crippen molar-refractivity contribution in [1.29, 1.82) is 0 Å². The summed E-state index contributed by atoms with van der Waals surface area (Å²) >= 11 is 0. The highest BCUT2D eigenvalue weighted by molar-refractivity contribution is 5.81. The number of hydrogen-bond donors (Lipinski definition) is 3. The third-order valence-electron chi connectivity index (χ3n) is 5.42. The number of benzene rings is 1. The fraction of sp³-hybridized carbons (Fsp3) is 0.600. The number of nitrogens with one attached hydrogen (secondary N) is 2. The number of carbonyl (C=O) groups is 1. The van der Waals surface area contributed by atoms with Crippen molar-refractivity contribution >= 4 is 11.9 Å². The molecule has 4 N–H and O–H groups in total. The molecule has 7 heteroatoms. The van der Waals surface area contributed by atoms with Gasteiger partial charge in [0, 0.05) is 33.9 Å². The van der Waals surface area contributed by atoms with Crippen molar-refractivity contribution in [3.05, 3.63) is 35.6 Å². The van der Waals surface area contributed by atoms with Gasteiger partial charge in [-0.2, -0.15) is 0 Å². The molecule has 6 nitrogen and oxygen atoms in total. The lowest BCUT2D eigenvalue weighted by molar-refractivity contribution is -0.121. The second-order valence-corrected chi connectivity index (χ2v) is 7.33. The van der Waals surface area contributed by atoms with Crippen LogP contribution < -0.4 is 16.4 Å². The van der Waals surface area contributed by atoms with Crippen molar-refractivity contribution in [2.75, 3.05) is 33.9 Å². The zero-order valence-corrected chi connectivity index (χ0v) is 16.3. The lowest BCUT2D eigenvalue weighted by Gasteiger charge is -2.42. The van der Waals surface area contributed by atoms with Crippen LogP contribution in [0.25, 0.3) is 0 Å². The van der Waals surface area contributed by atoms with E-state index in [0.717, 1.165) is 25.1 Å². The van der Waals surface area contributed by atoms with E-state index in [0.29, 0.717) is 18.9 Å². The van der Waals surface area contributed by atoms with E-state index in [1.807, 2.05) is 0 Å². The minimum Gasteiger partial charge on any atom is -0.385 e. The number of carbonyl (C=O) groups excluding carboxylic acids is 1. The van der Waals surface area contributed by atoms with Crippen molar-refractivity contribution in [3.63, 3.8) is 0 Å². The van der Waals surface area contributed by atoms with Crippen LogP contribution in [0.3, 0.4) is 0 Å². The number of nitrogens with zero attached hydrogens (tertiary/aromatic N) is 1. The maximum atomic E-state index is 13.0. The number of rotatable bonds is 10. The number of primary amides is 1. The summed E-state index contributed by atoms with van der Waals surface area (Å²) in [7, 11) is 3.43. The Hall–Kier alpha value is -2.15. The molecule has 0 bridgehead atoms. The van der Waals surface area contributed by atoms with Crippen LogP contribution in [0.15, 0.2) is 29.3 Å². The molecule has 1 atom stereocenters. The van der Waals surface area contributed by atoms with Gasteiger partial charge in [0.05, 0.1) is 5.92 Å². The Morgan fingerprint density at radius 1 is 1.33 bits per heavy atom. The molecule has 150 valence electrons. The third-order valence-corrected chi connectivity index (χ3v) is 5.42. The number of amides is 1. The topological polar surface area (TPSA) is 88.7 Å². The Kier molecular flexibility index (Phi) is 8.03. The first kappa shape index (κ1) is 21.2. The number of methoxy groups -OCH3 is 1. The molecule has 1 saturated carbocycles. The second-order valence-electron chi connectivity index (χ2n) is 7.33. The Balaban J connectivity index is 1.84. The fourth-order valence-electron chi connectivity index (χ4n) is 3.40. The summed E-state index contributed by atoms with van der Waals surface area (Å²) in [5, 5.41) is 6.56. The van der Waals surface area contributed by atoms with E-state index in [4.69, 9.17) is 10.5 Å². The quantitative estimate of drug-likeness (QED) is 0.428. The molecule has 1 fully saturated rings. The summed E-state index contributed by atoms with van der Waals surface area (Å²) in [4.78, 5) is 16.0. The van der Waals surface area contributed by atoms with Crippen LogP contribution in [-0.4, -0.2) is 45.7 Å². The summed E-state index contributed by atoms with van der Waals surface area (Å²) in [5.74, 6) is -0.433. The highest BCUT2D eigenvalue weighted by atomic mass is 19.1. The van der Waals surface area contributed by atoms with Crippen LogP contribution in [0, 0.1) is 17.2 Å². The molecule has 0 aliphatic heterocycles. The molecular formula is C20H31FN4O2.